The van der Waals surface area contributed by atoms with Crippen LogP contribution in [0.5, 0.6) is 0 Å². The molecule has 7 nitrogen and oxygen atoms in total. The van der Waals surface area contributed by atoms with Crippen molar-refractivity contribution in [3.63, 3.8) is 0 Å². The lowest BCUT2D eigenvalue weighted by Crippen LogP contribution is -2.16. The third-order valence-corrected chi connectivity index (χ3v) is 7.82. The Labute approximate surface area is 205 Å². The molecule has 0 spiro atoms. The van der Waals surface area contributed by atoms with Crippen LogP contribution < -0.4 is 0 Å². The van der Waals surface area contributed by atoms with Crippen molar-refractivity contribution in [1.29, 1.82) is 10.5 Å². The zero-order valence-corrected chi connectivity index (χ0v) is 19.9. The van der Waals surface area contributed by atoms with Gasteiger partial charge in [-0.3, -0.25) is 4.79 Å². The maximum Gasteiger partial charge on any atom is 0.268 e. The molecule has 4 rings (SSSR count). The predicted octanol–water partition coefficient (Wildman–Crippen LogP) is 5.12. The van der Waals surface area contributed by atoms with Gasteiger partial charge in [0.25, 0.3) is 10.0 Å². The van der Waals surface area contributed by atoms with Crippen LogP contribution in [0.25, 0.3) is 10.9 Å². The highest BCUT2D eigenvalue weighted by molar-refractivity contribution is 7.90. The highest BCUT2D eigenvalue weighted by Crippen LogP contribution is 2.34. The van der Waals surface area contributed by atoms with Crippen LogP contribution in [-0.4, -0.2) is 23.2 Å². The summed E-state index contributed by atoms with van der Waals surface area (Å²) in [6.07, 6.45) is -0.0632. The number of aromatic nitrogens is 2. The normalized spacial score (nSPS) is 11.2. The number of hydrogen-bond acceptors (Lipinski definition) is 6. The number of carbonyl (C=O) groups is 1. The first-order chi connectivity index (χ1) is 16.2. The van der Waals surface area contributed by atoms with Crippen molar-refractivity contribution in [1.82, 2.24) is 8.96 Å². The average Bonchev–Trinajstić information content (AvgIpc) is 3.20. The number of Topliss-reactive ketones (excluding diaryl/α,β-unsaturated/α-hetero) is 1. The lowest BCUT2D eigenvalue weighted by molar-refractivity contribution is 0.101. The Bertz CT molecular complexity index is 1660. The van der Waals surface area contributed by atoms with Crippen LogP contribution in [0.3, 0.4) is 0 Å². The van der Waals surface area contributed by atoms with E-state index in [2.05, 4.69) is 4.98 Å². The van der Waals surface area contributed by atoms with Gasteiger partial charge in [-0.05, 0) is 42.8 Å². The van der Waals surface area contributed by atoms with Gasteiger partial charge in [-0.15, -0.1) is 0 Å². The van der Waals surface area contributed by atoms with Gasteiger partial charge >= 0.3 is 0 Å². The highest BCUT2D eigenvalue weighted by atomic mass is 35.5. The van der Waals surface area contributed by atoms with Crippen molar-refractivity contribution < 1.29 is 13.2 Å². The zero-order valence-electron chi connectivity index (χ0n) is 17.6. The fraction of sp³-hybridized carbons (Fsp3) is 0.0833. The van der Waals surface area contributed by atoms with Gasteiger partial charge in [-0.2, -0.15) is 10.5 Å². The number of ketones is 1. The van der Waals surface area contributed by atoms with Crippen molar-refractivity contribution >= 4 is 49.9 Å². The number of carbonyl (C=O) groups excluding carboxylic acids is 1. The molecule has 34 heavy (non-hydrogen) atoms. The molecule has 0 unspecified atom stereocenters. The molecule has 0 aliphatic rings. The van der Waals surface area contributed by atoms with Gasteiger partial charge in [-0.1, -0.05) is 41.4 Å². The number of hydrogen-bond donors (Lipinski definition) is 0. The van der Waals surface area contributed by atoms with E-state index >= 15 is 0 Å². The summed E-state index contributed by atoms with van der Waals surface area (Å²) in [5.41, 5.74) is 0.768. The van der Waals surface area contributed by atoms with E-state index in [0.717, 1.165) is 3.97 Å². The van der Waals surface area contributed by atoms with Crippen LogP contribution >= 0.6 is 23.2 Å². The fourth-order valence-corrected chi connectivity index (χ4v) is 5.88. The van der Waals surface area contributed by atoms with E-state index < -0.39 is 10.0 Å². The molecule has 2 heterocycles. The first-order valence-electron chi connectivity index (χ1n) is 9.83. The zero-order chi connectivity index (χ0) is 24.6. The quantitative estimate of drug-likeness (QED) is 0.345. The van der Waals surface area contributed by atoms with E-state index in [1.807, 2.05) is 12.1 Å². The molecular weight excluding hydrogens is 495 g/mol. The van der Waals surface area contributed by atoms with Crippen molar-refractivity contribution in [2.24, 2.45) is 0 Å². The molecule has 168 valence electrons. The van der Waals surface area contributed by atoms with Gasteiger partial charge in [0.1, 0.15) is 17.8 Å². The Balaban J connectivity index is 2.07. The predicted molar refractivity (Wildman–Crippen MR) is 127 cm³/mol. The molecule has 2 aromatic carbocycles. The maximum atomic E-state index is 13.7. The molecule has 0 fully saturated rings. The summed E-state index contributed by atoms with van der Waals surface area (Å²) in [5, 5.41) is 19.6. The molecule has 10 heteroatoms. The largest absolute Gasteiger partial charge is 0.294 e. The monoisotopic (exact) mass is 508 g/mol. The minimum atomic E-state index is -4.16. The Morgan fingerprint density at radius 1 is 1.06 bits per heavy atom. The van der Waals surface area contributed by atoms with E-state index in [9.17, 15) is 23.7 Å². The van der Waals surface area contributed by atoms with E-state index in [1.54, 1.807) is 18.2 Å². The van der Waals surface area contributed by atoms with Crippen molar-refractivity contribution in [2.45, 2.75) is 18.2 Å². The molecule has 0 aliphatic heterocycles. The smallest absolute Gasteiger partial charge is 0.268 e. The second-order valence-electron chi connectivity index (χ2n) is 7.35. The van der Waals surface area contributed by atoms with Gasteiger partial charge in [0, 0.05) is 34.2 Å². The van der Waals surface area contributed by atoms with Crippen molar-refractivity contribution in [3.05, 3.63) is 92.9 Å². The van der Waals surface area contributed by atoms with Gasteiger partial charge in [-0.25, -0.2) is 17.4 Å². The Morgan fingerprint density at radius 2 is 1.76 bits per heavy atom. The van der Waals surface area contributed by atoms with Crippen LogP contribution in [0.15, 0.2) is 59.5 Å². The second-order valence-corrected chi connectivity index (χ2v) is 9.92. The van der Waals surface area contributed by atoms with Gasteiger partial charge in [0.05, 0.1) is 15.4 Å². The second kappa shape index (κ2) is 8.92. The first-order valence-corrected chi connectivity index (χ1v) is 12.0. The number of rotatable bonds is 5. The topological polar surface area (TPSA) is 117 Å². The molecule has 2 aromatic heterocycles. The summed E-state index contributed by atoms with van der Waals surface area (Å²) >= 11 is 12.9. The standard InChI is InChI=1S/C24H14Cl2N4O3S/c1-14(31)18-7-8-21(25)19(24(18)26)10-16-11-20-22(13-28)29-15(12-27)9-23(20)30(16)34(32,33)17-5-3-2-4-6-17/h2-9,11H,10H2,1H3. The molecule has 0 atom stereocenters. The van der Waals surface area contributed by atoms with Crippen molar-refractivity contribution in [3.8, 4) is 12.1 Å². The Hall–Kier alpha value is -3.69. The number of benzene rings is 2. The van der Waals surface area contributed by atoms with Crippen LogP contribution in [-0.2, 0) is 16.4 Å². The van der Waals surface area contributed by atoms with E-state index in [0.29, 0.717) is 5.56 Å². The summed E-state index contributed by atoms with van der Waals surface area (Å²) in [5.74, 6) is -0.269. The summed E-state index contributed by atoms with van der Waals surface area (Å²) in [4.78, 5) is 16.0. The minimum Gasteiger partial charge on any atom is -0.294 e. The molecule has 0 saturated carbocycles. The molecular formula is C24H14Cl2N4O3S. The van der Waals surface area contributed by atoms with Crippen LogP contribution in [0.1, 0.15) is 39.9 Å². The van der Waals surface area contributed by atoms with Gasteiger partial charge < -0.3 is 0 Å². The molecule has 0 N–H and O–H groups in total. The summed E-state index contributed by atoms with van der Waals surface area (Å²) < 4.78 is 28.5. The van der Waals surface area contributed by atoms with E-state index in [-0.39, 0.29) is 60.7 Å². The fourth-order valence-electron chi connectivity index (χ4n) is 3.69. The van der Waals surface area contributed by atoms with Crippen LogP contribution in [0.4, 0.5) is 0 Å². The molecule has 0 amide bonds. The third-order valence-electron chi connectivity index (χ3n) is 5.25. The maximum absolute atomic E-state index is 13.7. The number of pyridine rings is 1. The van der Waals surface area contributed by atoms with Crippen molar-refractivity contribution in [2.75, 3.05) is 0 Å². The number of nitriles is 2. The Kier molecular flexibility index (Phi) is 6.16. The van der Waals surface area contributed by atoms with Gasteiger partial charge in [0.2, 0.25) is 0 Å². The molecule has 0 radical (unpaired) electrons. The summed E-state index contributed by atoms with van der Waals surface area (Å²) in [6.45, 7) is 1.37. The molecule has 0 bridgehead atoms. The summed E-state index contributed by atoms with van der Waals surface area (Å²) in [6, 6.07) is 17.4. The lowest BCUT2D eigenvalue weighted by atomic mass is 10.0. The van der Waals surface area contributed by atoms with Crippen LogP contribution in [0, 0.1) is 22.7 Å². The third kappa shape index (κ3) is 3.93. The van der Waals surface area contributed by atoms with E-state index in [4.69, 9.17) is 23.2 Å². The SMILES string of the molecule is CC(=O)c1ccc(Cl)c(Cc2cc3c(C#N)nc(C#N)cc3n2S(=O)(=O)c2ccccc2)c1Cl. The summed E-state index contributed by atoms with van der Waals surface area (Å²) in [7, 11) is -4.16. The molecule has 4 aromatic rings. The van der Waals surface area contributed by atoms with Crippen LogP contribution in [0.2, 0.25) is 10.0 Å². The Morgan fingerprint density at radius 3 is 2.38 bits per heavy atom. The molecule has 0 aliphatic carbocycles. The number of fused-ring (bicyclic) bond motifs is 1. The number of nitrogens with zero attached hydrogens (tertiary/aromatic N) is 4. The van der Waals surface area contributed by atoms with E-state index in [1.165, 1.54) is 43.3 Å². The van der Waals surface area contributed by atoms with Gasteiger partial charge in [0.15, 0.2) is 11.5 Å². The minimum absolute atomic E-state index is 0.0114. The number of halogens is 2. The molecule has 0 saturated heterocycles. The average molecular weight is 509 g/mol. The lowest BCUT2D eigenvalue weighted by Gasteiger charge is -2.14. The highest BCUT2D eigenvalue weighted by Gasteiger charge is 2.26. The first kappa shape index (κ1) is 23.5.